The van der Waals surface area contributed by atoms with E-state index in [-0.39, 0.29) is 23.7 Å². The molecule has 1 aromatic carbocycles. The van der Waals surface area contributed by atoms with Crippen molar-refractivity contribution in [1.29, 1.82) is 0 Å². The van der Waals surface area contributed by atoms with Crippen LogP contribution in [0.25, 0.3) is 0 Å². The second-order valence-corrected chi connectivity index (χ2v) is 5.94. The quantitative estimate of drug-likeness (QED) is 0.846. The lowest BCUT2D eigenvalue weighted by atomic mass is 10.2. The van der Waals surface area contributed by atoms with Gasteiger partial charge in [-0.2, -0.15) is 0 Å². The lowest BCUT2D eigenvalue weighted by molar-refractivity contribution is -0.132. The van der Waals surface area contributed by atoms with Crippen LogP contribution < -0.4 is 10.2 Å². The third kappa shape index (κ3) is 3.24. The predicted molar refractivity (Wildman–Crippen MR) is 86.5 cm³/mol. The molecule has 3 rings (SSSR count). The first-order chi connectivity index (χ1) is 11.1. The highest BCUT2D eigenvalue weighted by atomic mass is 16.3. The third-order valence-electron chi connectivity index (χ3n) is 4.56. The zero-order valence-corrected chi connectivity index (χ0v) is 13.2. The fraction of sp³-hybridized carbons (Fsp3) is 0.500. The summed E-state index contributed by atoms with van der Waals surface area (Å²) >= 11 is 0. The Morgan fingerprint density at radius 1 is 1.13 bits per heavy atom. The molecular formula is C16H22N4O3. The molecule has 0 saturated carbocycles. The van der Waals surface area contributed by atoms with Gasteiger partial charge in [-0.1, -0.05) is 0 Å². The summed E-state index contributed by atoms with van der Waals surface area (Å²) in [6.45, 7) is 6.02. The minimum atomic E-state index is -0.291. The van der Waals surface area contributed by atoms with E-state index in [0.717, 1.165) is 31.9 Å². The SMILES string of the molecule is C[C@@H](C(=O)N1CCNC1=O)N1CCN(c2ccc(O)cc2)CC1. The molecule has 23 heavy (non-hydrogen) atoms. The number of urea groups is 1. The molecule has 2 aliphatic rings. The van der Waals surface area contributed by atoms with E-state index in [1.165, 1.54) is 4.90 Å². The molecule has 0 aliphatic carbocycles. The number of carbonyl (C=O) groups is 2. The normalized spacial score (nSPS) is 20.5. The van der Waals surface area contributed by atoms with Crippen molar-refractivity contribution in [2.24, 2.45) is 0 Å². The zero-order chi connectivity index (χ0) is 16.4. The standard InChI is InChI=1S/C16H22N4O3/c1-12(15(22)20-7-6-17-16(20)23)18-8-10-19(11-9-18)13-2-4-14(21)5-3-13/h2-5,12,21H,6-11H2,1H3,(H,17,23)/t12-/m0/s1. The van der Waals surface area contributed by atoms with Gasteiger partial charge in [0.05, 0.1) is 6.04 Å². The summed E-state index contributed by atoms with van der Waals surface area (Å²) in [6, 6.07) is 6.58. The summed E-state index contributed by atoms with van der Waals surface area (Å²) in [6.07, 6.45) is 0. The van der Waals surface area contributed by atoms with E-state index in [2.05, 4.69) is 15.1 Å². The second kappa shape index (κ2) is 6.45. The van der Waals surface area contributed by atoms with E-state index < -0.39 is 0 Å². The average molecular weight is 318 g/mol. The number of amides is 3. The van der Waals surface area contributed by atoms with Crippen molar-refractivity contribution in [2.45, 2.75) is 13.0 Å². The minimum Gasteiger partial charge on any atom is -0.508 e. The number of carbonyl (C=O) groups excluding carboxylic acids is 2. The van der Waals surface area contributed by atoms with Gasteiger partial charge in [0.2, 0.25) is 5.91 Å². The smallest absolute Gasteiger partial charge is 0.324 e. The van der Waals surface area contributed by atoms with Gasteiger partial charge >= 0.3 is 6.03 Å². The molecule has 1 aromatic rings. The summed E-state index contributed by atoms with van der Waals surface area (Å²) in [4.78, 5) is 29.7. The Labute approximate surface area is 135 Å². The molecule has 2 fully saturated rings. The Bertz CT molecular complexity index is 581. The summed E-state index contributed by atoms with van der Waals surface area (Å²) in [5.41, 5.74) is 1.07. The van der Waals surface area contributed by atoms with Crippen molar-refractivity contribution in [3.05, 3.63) is 24.3 Å². The highest BCUT2D eigenvalue weighted by Crippen LogP contribution is 2.20. The number of hydrogen-bond donors (Lipinski definition) is 2. The largest absolute Gasteiger partial charge is 0.508 e. The number of hydrogen-bond acceptors (Lipinski definition) is 5. The fourth-order valence-electron chi connectivity index (χ4n) is 3.09. The average Bonchev–Trinajstić information content (AvgIpc) is 3.00. The van der Waals surface area contributed by atoms with Crippen LogP contribution in [0.3, 0.4) is 0 Å². The van der Waals surface area contributed by atoms with Crippen LogP contribution in [0, 0.1) is 0 Å². The van der Waals surface area contributed by atoms with Gasteiger partial charge in [-0.3, -0.25) is 14.6 Å². The number of anilines is 1. The number of aromatic hydroxyl groups is 1. The van der Waals surface area contributed by atoms with Crippen molar-refractivity contribution in [3.63, 3.8) is 0 Å². The van der Waals surface area contributed by atoms with Crippen LogP contribution in [0.2, 0.25) is 0 Å². The number of phenolic OH excluding ortho intramolecular Hbond substituents is 1. The Balaban J connectivity index is 1.56. The lowest BCUT2D eigenvalue weighted by Crippen LogP contribution is -2.55. The Hall–Kier alpha value is -2.28. The first-order valence-corrected chi connectivity index (χ1v) is 7.93. The van der Waals surface area contributed by atoms with Gasteiger partial charge in [0.25, 0.3) is 0 Å². The second-order valence-electron chi connectivity index (χ2n) is 5.94. The number of benzene rings is 1. The van der Waals surface area contributed by atoms with Crippen molar-refractivity contribution in [2.75, 3.05) is 44.2 Å². The monoisotopic (exact) mass is 318 g/mol. The van der Waals surface area contributed by atoms with Crippen molar-refractivity contribution in [3.8, 4) is 5.75 Å². The fourth-order valence-corrected chi connectivity index (χ4v) is 3.09. The number of phenols is 1. The van der Waals surface area contributed by atoms with Crippen LogP contribution >= 0.6 is 0 Å². The van der Waals surface area contributed by atoms with E-state index >= 15 is 0 Å². The number of imide groups is 1. The molecule has 2 N–H and O–H groups in total. The van der Waals surface area contributed by atoms with Crippen molar-refractivity contribution < 1.29 is 14.7 Å². The van der Waals surface area contributed by atoms with E-state index in [1.54, 1.807) is 12.1 Å². The maximum atomic E-state index is 12.4. The van der Waals surface area contributed by atoms with E-state index in [9.17, 15) is 14.7 Å². The predicted octanol–water partition coefficient (Wildman–Crippen LogP) is 0.454. The number of nitrogens with one attached hydrogen (secondary N) is 1. The Kier molecular flexibility index (Phi) is 4.38. The van der Waals surface area contributed by atoms with Crippen LogP contribution in [0.5, 0.6) is 5.75 Å². The summed E-state index contributed by atoms with van der Waals surface area (Å²) in [7, 11) is 0. The van der Waals surface area contributed by atoms with Crippen LogP contribution in [0.15, 0.2) is 24.3 Å². The maximum absolute atomic E-state index is 12.4. The molecule has 0 bridgehead atoms. The van der Waals surface area contributed by atoms with Gasteiger partial charge in [0.15, 0.2) is 0 Å². The number of rotatable bonds is 3. The van der Waals surface area contributed by atoms with Gasteiger partial charge in [-0.15, -0.1) is 0 Å². The summed E-state index contributed by atoms with van der Waals surface area (Å²) in [5.74, 6) is 0.133. The number of piperazine rings is 1. The molecule has 2 saturated heterocycles. The van der Waals surface area contributed by atoms with Gasteiger partial charge in [0, 0.05) is 45.0 Å². The molecule has 0 aromatic heterocycles. The highest BCUT2D eigenvalue weighted by Gasteiger charge is 2.33. The molecule has 0 radical (unpaired) electrons. The molecule has 2 aliphatic heterocycles. The molecule has 1 atom stereocenters. The third-order valence-corrected chi connectivity index (χ3v) is 4.56. The Morgan fingerprint density at radius 2 is 1.78 bits per heavy atom. The van der Waals surface area contributed by atoms with Crippen LogP contribution in [0.1, 0.15) is 6.92 Å². The van der Waals surface area contributed by atoms with Crippen LogP contribution in [0.4, 0.5) is 10.5 Å². The lowest BCUT2D eigenvalue weighted by Gasteiger charge is -2.39. The molecule has 124 valence electrons. The molecule has 0 spiro atoms. The molecule has 3 amide bonds. The summed E-state index contributed by atoms with van der Waals surface area (Å²) < 4.78 is 0. The molecule has 0 unspecified atom stereocenters. The van der Waals surface area contributed by atoms with E-state index in [0.29, 0.717) is 13.1 Å². The minimum absolute atomic E-state index is 0.127. The molecule has 7 heteroatoms. The van der Waals surface area contributed by atoms with Gasteiger partial charge in [-0.25, -0.2) is 4.79 Å². The van der Waals surface area contributed by atoms with Crippen molar-refractivity contribution in [1.82, 2.24) is 15.1 Å². The highest BCUT2D eigenvalue weighted by molar-refractivity contribution is 5.98. The topological polar surface area (TPSA) is 76.1 Å². The molecular weight excluding hydrogens is 296 g/mol. The van der Waals surface area contributed by atoms with E-state index in [1.807, 2.05) is 19.1 Å². The number of nitrogens with zero attached hydrogens (tertiary/aromatic N) is 3. The van der Waals surface area contributed by atoms with E-state index in [4.69, 9.17) is 0 Å². The maximum Gasteiger partial charge on any atom is 0.324 e. The first-order valence-electron chi connectivity index (χ1n) is 7.93. The van der Waals surface area contributed by atoms with Crippen LogP contribution in [-0.4, -0.2) is 72.2 Å². The van der Waals surface area contributed by atoms with Crippen LogP contribution in [-0.2, 0) is 4.79 Å². The molecule has 2 heterocycles. The Morgan fingerprint density at radius 3 is 2.35 bits per heavy atom. The first kappa shape index (κ1) is 15.6. The van der Waals surface area contributed by atoms with Gasteiger partial charge in [0.1, 0.15) is 5.75 Å². The van der Waals surface area contributed by atoms with Gasteiger partial charge in [-0.05, 0) is 31.2 Å². The summed E-state index contributed by atoms with van der Waals surface area (Å²) in [5, 5.41) is 12.0. The van der Waals surface area contributed by atoms with Crippen molar-refractivity contribution >= 4 is 17.6 Å². The van der Waals surface area contributed by atoms with Gasteiger partial charge < -0.3 is 15.3 Å². The molecule has 7 nitrogen and oxygen atoms in total. The zero-order valence-electron chi connectivity index (χ0n) is 13.2.